The molecule has 0 aliphatic carbocycles. The van der Waals surface area contributed by atoms with Gasteiger partial charge in [-0.05, 0) is 16.6 Å². The number of rotatable bonds is 3. The van der Waals surface area contributed by atoms with Crippen LogP contribution in [0, 0.1) is 11.3 Å². The first-order valence-corrected chi connectivity index (χ1v) is 8.64. The summed E-state index contributed by atoms with van der Waals surface area (Å²) < 4.78 is 23.7. The lowest BCUT2D eigenvalue weighted by Gasteiger charge is -2.36. The Balaban J connectivity index is 1.98. The molecule has 4 heteroatoms. The molecule has 1 aromatic rings. The molecule has 0 radical (unpaired) electrons. The predicted molar refractivity (Wildman–Crippen MR) is 82.8 cm³/mol. The van der Waals surface area contributed by atoms with E-state index in [0.29, 0.717) is 13.2 Å². The summed E-state index contributed by atoms with van der Waals surface area (Å²) in [5.41, 5.74) is 1.87. The zero-order chi connectivity index (χ0) is 14.8. The number of hydrogen-bond acceptors (Lipinski definition) is 3. The van der Waals surface area contributed by atoms with Crippen LogP contribution in [0.2, 0.25) is 0 Å². The van der Waals surface area contributed by atoms with E-state index in [9.17, 15) is 4.57 Å². The van der Waals surface area contributed by atoms with Gasteiger partial charge in [-0.3, -0.25) is 4.57 Å². The monoisotopic (exact) mass is 294 g/mol. The molecule has 0 unspecified atom stereocenters. The van der Waals surface area contributed by atoms with Gasteiger partial charge < -0.3 is 9.05 Å². The molecular formula is C16H23O3P. The van der Waals surface area contributed by atoms with Crippen molar-refractivity contribution in [1.82, 2.24) is 0 Å². The molecule has 20 heavy (non-hydrogen) atoms. The topological polar surface area (TPSA) is 35.5 Å². The molecule has 0 aromatic heterocycles. The Morgan fingerprint density at radius 3 is 2.30 bits per heavy atom. The first kappa shape index (κ1) is 15.5. The fourth-order valence-corrected chi connectivity index (χ4v) is 3.80. The van der Waals surface area contributed by atoms with Gasteiger partial charge in [0.15, 0.2) is 0 Å². The first-order valence-electron chi connectivity index (χ1n) is 6.91. The van der Waals surface area contributed by atoms with E-state index in [0.717, 1.165) is 11.1 Å². The minimum absolute atomic E-state index is 0.0989. The quantitative estimate of drug-likeness (QED) is 0.764. The highest BCUT2D eigenvalue weighted by Crippen LogP contribution is 2.55. The van der Waals surface area contributed by atoms with Crippen LogP contribution < -0.4 is 0 Å². The van der Waals surface area contributed by atoms with E-state index in [1.54, 1.807) is 0 Å². The molecule has 0 N–H and O–H groups in total. The maximum Gasteiger partial charge on any atom is 0.335 e. The fourth-order valence-electron chi connectivity index (χ4n) is 2.08. The van der Waals surface area contributed by atoms with Gasteiger partial charge in [-0.25, -0.2) is 0 Å². The van der Waals surface area contributed by atoms with Crippen LogP contribution in [0.15, 0.2) is 36.9 Å². The van der Waals surface area contributed by atoms with Gasteiger partial charge in [0.05, 0.1) is 19.4 Å². The Morgan fingerprint density at radius 2 is 1.80 bits per heavy atom. The van der Waals surface area contributed by atoms with Crippen molar-refractivity contribution >= 4 is 13.2 Å². The molecule has 1 fully saturated rings. The van der Waals surface area contributed by atoms with Crippen molar-refractivity contribution in [3.63, 3.8) is 0 Å². The summed E-state index contributed by atoms with van der Waals surface area (Å²) in [7, 11) is -3.04. The predicted octanol–water partition coefficient (Wildman–Crippen LogP) is 4.60. The fraction of sp³-hybridized carbons (Fsp3) is 0.500. The zero-order valence-corrected chi connectivity index (χ0v) is 13.4. The number of hydrogen-bond donors (Lipinski definition) is 0. The highest BCUT2D eigenvalue weighted by molar-refractivity contribution is 7.54. The summed E-state index contributed by atoms with van der Waals surface area (Å²) in [5.74, 6) is 0.273. The first-order chi connectivity index (χ1) is 9.30. The molecule has 0 spiro atoms. The van der Waals surface area contributed by atoms with Gasteiger partial charge in [0.1, 0.15) is 0 Å². The summed E-state index contributed by atoms with van der Waals surface area (Å²) in [5, 5.41) is 0. The standard InChI is InChI=1S/C16H23O3P/c1-13(14-8-6-5-7-9-14)12-20(17)18-10-15(11-19-20)16(2,3)4/h5-9,15H,1,10-12H2,2-4H3. The smallest absolute Gasteiger partial charge is 0.308 e. The molecule has 1 aliphatic rings. The molecule has 1 heterocycles. The van der Waals surface area contributed by atoms with Gasteiger partial charge in [0.2, 0.25) is 0 Å². The Hall–Kier alpha value is -0.890. The third-order valence-corrected chi connectivity index (χ3v) is 5.59. The molecular weight excluding hydrogens is 271 g/mol. The van der Waals surface area contributed by atoms with Gasteiger partial charge in [-0.1, -0.05) is 57.7 Å². The van der Waals surface area contributed by atoms with Crippen molar-refractivity contribution < 1.29 is 13.6 Å². The number of benzene rings is 1. The molecule has 110 valence electrons. The van der Waals surface area contributed by atoms with Gasteiger partial charge in [0.25, 0.3) is 0 Å². The lowest BCUT2D eigenvalue weighted by atomic mass is 9.82. The van der Waals surface area contributed by atoms with Crippen LogP contribution in [0.4, 0.5) is 0 Å². The summed E-state index contributed by atoms with van der Waals surface area (Å²) in [4.78, 5) is 0. The van der Waals surface area contributed by atoms with Crippen LogP contribution in [0.5, 0.6) is 0 Å². The Labute approximate surface area is 121 Å². The van der Waals surface area contributed by atoms with Gasteiger partial charge in [-0.15, -0.1) is 0 Å². The molecule has 0 bridgehead atoms. The van der Waals surface area contributed by atoms with Crippen molar-refractivity contribution in [2.45, 2.75) is 20.8 Å². The lowest BCUT2D eigenvalue weighted by Crippen LogP contribution is -2.32. The van der Waals surface area contributed by atoms with Crippen LogP contribution in [0.25, 0.3) is 5.57 Å². The van der Waals surface area contributed by atoms with Crippen molar-refractivity contribution in [2.75, 3.05) is 19.4 Å². The molecule has 0 saturated carbocycles. The number of allylic oxidation sites excluding steroid dienone is 1. The van der Waals surface area contributed by atoms with Crippen LogP contribution in [0.3, 0.4) is 0 Å². The van der Waals surface area contributed by atoms with Crippen LogP contribution in [-0.2, 0) is 13.6 Å². The SMILES string of the molecule is C=C(CP1(=O)OCC(C(C)(C)C)CO1)c1ccccc1. The summed E-state index contributed by atoms with van der Waals surface area (Å²) in [6.45, 7) is 11.4. The van der Waals surface area contributed by atoms with Crippen molar-refractivity contribution in [3.8, 4) is 0 Å². The van der Waals surface area contributed by atoms with Gasteiger partial charge >= 0.3 is 7.60 Å². The Kier molecular flexibility index (Phi) is 4.53. The van der Waals surface area contributed by atoms with E-state index in [1.807, 2.05) is 30.3 Å². The Morgan fingerprint density at radius 1 is 1.25 bits per heavy atom. The van der Waals surface area contributed by atoms with E-state index < -0.39 is 7.60 Å². The van der Waals surface area contributed by atoms with E-state index in [2.05, 4.69) is 27.4 Å². The normalized spacial score (nSPS) is 27.2. The second-order valence-corrected chi connectivity index (χ2v) is 8.45. The second kappa shape index (κ2) is 5.85. The van der Waals surface area contributed by atoms with Crippen molar-refractivity contribution in [1.29, 1.82) is 0 Å². The highest BCUT2D eigenvalue weighted by atomic mass is 31.2. The van der Waals surface area contributed by atoms with E-state index in [4.69, 9.17) is 9.05 Å². The van der Waals surface area contributed by atoms with E-state index in [1.165, 1.54) is 0 Å². The average molecular weight is 294 g/mol. The van der Waals surface area contributed by atoms with Crippen LogP contribution in [0.1, 0.15) is 26.3 Å². The summed E-state index contributed by atoms with van der Waals surface area (Å²) >= 11 is 0. The van der Waals surface area contributed by atoms with Gasteiger partial charge in [0, 0.05) is 5.92 Å². The van der Waals surface area contributed by atoms with E-state index in [-0.39, 0.29) is 17.5 Å². The maximum absolute atomic E-state index is 12.6. The third kappa shape index (κ3) is 3.82. The molecule has 3 nitrogen and oxygen atoms in total. The van der Waals surface area contributed by atoms with Crippen LogP contribution in [-0.4, -0.2) is 19.4 Å². The molecule has 2 rings (SSSR count). The molecule has 0 atom stereocenters. The Bertz CT molecular complexity index is 504. The minimum atomic E-state index is -3.04. The maximum atomic E-state index is 12.6. The van der Waals surface area contributed by atoms with Crippen molar-refractivity contribution in [3.05, 3.63) is 42.5 Å². The molecule has 0 amide bonds. The van der Waals surface area contributed by atoms with Gasteiger partial charge in [-0.2, -0.15) is 0 Å². The average Bonchev–Trinajstić information content (AvgIpc) is 2.38. The van der Waals surface area contributed by atoms with Crippen molar-refractivity contribution in [2.24, 2.45) is 11.3 Å². The second-order valence-electron chi connectivity index (χ2n) is 6.39. The molecule has 1 saturated heterocycles. The summed E-state index contributed by atoms with van der Waals surface area (Å²) in [6, 6.07) is 9.73. The minimum Gasteiger partial charge on any atom is -0.308 e. The molecule has 1 aliphatic heterocycles. The lowest BCUT2D eigenvalue weighted by molar-refractivity contribution is 0.0368. The molecule has 1 aromatic carbocycles. The zero-order valence-electron chi connectivity index (χ0n) is 12.5. The highest BCUT2D eigenvalue weighted by Gasteiger charge is 2.37. The third-order valence-electron chi connectivity index (χ3n) is 3.74. The summed E-state index contributed by atoms with van der Waals surface area (Å²) in [6.07, 6.45) is 0.258. The van der Waals surface area contributed by atoms with Crippen LogP contribution >= 0.6 is 7.60 Å². The van der Waals surface area contributed by atoms with E-state index >= 15 is 0 Å². The largest absolute Gasteiger partial charge is 0.335 e.